The summed E-state index contributed by atoms with van der Waals surface area (Å²) in [7, 11) is 0. The van der Waals surface area contributed by atoms with Crippen molar-refractivity contribution in [1.29, 1.82) is 0 Å². The van der Waals surface area contributed by atoms with Crippen LogP contribution in [0.4, 0.5) is 23.7 Å². The molecule has 3 amide bonds. The highest BCUT2D eigenvalue weighted by Crippen LogP contribution is 2.46. The normalized spacial score (nSPS) is 16.9. The predicted octanol–water partition coefficient (Wildman–Crippen LogP) is 6.23. The van der Waals surface area contributed by atoms with Crippen LogP contribution in [0.2, 0.25) is 0 Å². The first kappa shape index (κ1) is 28.5. The maximum absolute atomic E-state index is 13.0. The monoisotopic (exact) mass is 606 g/mol. The number of aromatic nitrogens is 3. The summed E-state index contributed by atoms with van der Waals surface area (Å²) >= 11 is 1.24. The van der Waals surface area contributed by atoms with E-state index in [2.05, 4.69) is 25.1 Å². The van der Waals surface area contributed by atoms with Gasteiger partial charge in [-0.1, -0.05) is 61.2 Å². The third kappa shape index (κ3) is 6.12. The Kier molecular flexibility index (Phi) is 7.42. The smallest absolute Gasteiger partial charge is 0.406 e. The minimum atomic E-state index is -4.76. The first-order valence-corrected chi connectivity index (χ1v) is 14.5. The number of anilines is 1. The Morgan fingerprint density at radius 2 is 1.79 bits per heavy atom. The summed E-state index contributed by atoms with van der Waals surface area (Å²) in [4.78, 5) is 35.9. The third-order valence-electron chi connectivity index (χ3n) is 7.19. The number of benzene rings is 3. The lowest BCUT2D eigenvalue weighted by Crippen LogP contribution is -2.35. The molecule has 9 nitrogen and oxygen atoms in total. The highest BCUT2D eigenvalue weighted by molar-refractivity contribution is 8.15. The Morgan fingerprint density at radius 3 is 2.47 bits per heavy atom. The Hall–Kier alpha value is -4.65. The van der Waals surface area contributed by atoms with Crippen molar-refractivity contribution in [2.45, 2.75) is 38.1 Å². The van der Waals surface area contributed by atoms with E-state index in [1.54, 1.807) is 0 Å². The summed E-state index contributed by atoms with van der Waals surface area (Å²) < 4.78 is 42.6. The van der Waals surface area contributed by atoms with Crippen molar-refractivity contribution in [3.05, 3.63) is 90.3 Å². The van der Waals surface area contributed by atoms with Gasteiger partial charge in [0.05, 0.1) is 22.7 Å². The molecular weight excluding hydrogens is 581 g/mol. The zero-order valence-corrected chi connectivity index (χ0v) is 23.7. The molecule has 0 radical (unpaired) electrons. The van der Waals surface area contributed by atoms with Crippen molar-refractivity contribution in [1.82, 2.24) is 20.1 Å². The van der Waals surface area contributed by atoms with Crippen LogP contribution in [0.15, 0.2) is 84.1 Å². The van der Waals surface area contributed by atoms with Gasteiger partial charge in [0, 0.05) is 5.56 Å². The number of carbonyl (C=O) groups excluding carboxylic acids is 2. The van der Waals surface area contributed by atoms with E-state index >= 15 is 0 Å². The number of aliphatic imine (C=N–C) groups is 1. The molecule has 13 heteroatoms. The second-order valence-corrected chi connectivity index (χ2v) is 11.0. The number of para-hydroxylation sites is 1. The van der Waals surface area contributed by atoms with Gasteiger partial charge in [0.2, 0.25) is 5.91 Å². The molecular formula is C30H25F3N6O3S. The molecule has 1 N–H and O–H groups in total. The van der Waals surface area contributed by atoms with E-state index in [9.17, 15) is 22.8 Å². The van der Waals surface area contributed by atoms with Gasteiger partial charge in [-0.15, -0.1) is 18.3 Å². The fourth-order valence-electron chi connectivity index (χ4n) is 4.90. The maximum Gasteiger partial charge on any atom is 0.573 e. The molecule has 0 unspecified atom stereocenters. The second-order valence-electron chi connectivity index (χ2n) is 10.0. The third-order valence-corrected chi connectivity index (χ3v) is 8.12. The summed E-state index contributed by atoms with van der Waals surface area (Å²) in [5, 5.41) is 7.83. The molecule has 1 saturated carbocycles. The van der Waals surface area contributed by atoms with Gasteiger partial charge in [-0.3, -0.25) is 9.69 Å². The number of urea groups is 1. The van der Waals surface area contributed by atoms with Crippen molar-refractivity contribution >= 4 is 34.6 Å². The van der Waals surface area contributed by atoms with Crippen LogP contribution in [0.25, 0.3) is 17.1 Å². The van der Waals surface area contributed by atoms with Crippen LogP contribution in [0.5, 0.6) is 5.75 Å². The fourth-order valence-corrected chi connectivity index (χ4v) is 5.76. The highest BCUT2D eigenvalue weighted by Gasteiger charge is 2.46. The number of hydrogen-bond acceptors (Lipinski definition) is 6. The van der Waals surface area contributed by atoms with Crippen molar-refractivity contribution < 1.29 is 27.5 Å². The van der Waals surface area contributed by atoms with Gasteiger partial charge in [-0.2, -0.15) is 4.99 Å². The number of ether oxygens (including phenoxy) is 1. The first-order chi connectivity index (χ1) is 20.6. The number of amidine groups is 1. The Balaban J connectivity index is 1.14. The van der Waals surface area contributed by atoms with Crippen molar-refractivity contribution in [2.24, 2.45) is 4.99 Å². The van der Waals surface area contributed by atoms with Gasteiger partial charge in [-0.25, -0.2) is 14.5 Å². The average molecular weight is 607 g/mol. The highest BCUT2D eigenvalue weighted by atomic mass is 32.2. The molecule has 4 aromatic rings. The number of amides is 3. The van der Waals surface area contributed by atoms with Gasteiger partial charge in [0.1, 0.15) is 12.1 Å². The molecule has 3 aromatic carbocycles. The zero-order chi connectivity index (χ0) is 30.2. The van der Waals surface area contributed by atoms with Gasteiger partial charge in [0.15, 0.2) is 11.0 Å². The van der Waals surface area contributed by atoms with E-state index in [0.29, 0.717) is 16.7 Å². The molecule has 0 spiro atoms. The molecule has 220 valence electrons. The second kappa shape index (κ2) is 11.2. The zero-order valence-electron chi connectivity index (χ0n) is 22.8. The minimum absolute atomic E-state index is 0.113. The number of carbonyl (C=O) groups is 2. The summed E-state index contributed by atoms with van der Waals surface area (Å²) in [6.45, 7) is 2.01. The molecule has 1 aliphatic carbocycles. The molecule has 0 bridgehead atoms. The number of rotatable bonds is 7. The Morgan fingerprint density at radius 1 is 1.07 bits per heavy atom. The predicted molar refractivity (Wildman–Crippen MR) is 156 cm³/mol. The summed E-state index contributed by atoms with van der Waals surface area (Å²) in [5.41, 5.74) is 3.35. The molecule has 2 aliphatic rings. The van der Waals surface area contributed by atoms with Crippen LogP contribution in [0.3, 0.4) is 0 Å². The van der Waals surface area contributed by atoms with E-state index in [-0.39, 0.29) is 17.4 Å². The fraction of sp³-hybridized carbons (Fsp3) is 0.233. The van der Waals surface area contributed by atoms with E-state index in [1.165, 1.54) is 51.9 Å². The van der Waals surface area contributed by atoms with E-state index in [0.717, 1.165) is 41.6 Å². The largest absolute Gasteiger partial charge is 0.573 e. The summed E-state index contributed by atoms with van der Waals surface area (Å²) in [5.74, 6) is 0.211. The van der Waals surface area contributed by atoms with Crippen LogP contribution in [-0.4, -0.2) is 44.0 Å². The van der Waals surface area contributed by atoms with Crippen LogP contribution in [0.1, 0.15) is 30.9 Å². The molecule has 0 atom stereocenters. The molecule has 43 heavy (non-hydrogen) atoms. The van der Waals surface area contributed by atoms with E-state index in [4.69, 9.17) is 0 Å². The van der Waals surface area contributed by atoms with Gasteiger partial charge in [0.25, 0.3) is 0 Å². The van der Waals surface area contributed by atoms with Gasteiger partial charge in [-0.05, 0) is 60.7 Å². The van der Waals surface area contributed by atoms with Crippen LogP contribution in [-0.2, 0) is 16.8 Å². The van der Waals surface area contributed by atoms with Crippen LogP contribution < -0.4 is 15.0 Å². The van der Waals surface area contributed by atoms with Gasteiger partial charge >= 0.3 is 12.4 Å². The Labute approximate surface area is 248 Å². The van der Waals surface area contributed by atoms with E-state index < -0.39 is 17.9 Å². The molecule has 1 aromatic heterocycles. The molecule has 1 saturated heterocycles. The number of halogens is 3. The number of alkyl halides is 3. The molecule has 6 rings (SSSR count). The summed E-state index contributed by atoms with van der Waals surface area (Å²) in [6, 6.07) is 19.9. The van der Waals surface area contributed by atoms with E-state index in [1.807, 2.05) is 55.5 Å². The molecule has 2 heterocycles. The molecule has 1 aliphatic heterocycles. The SMILES string of the molecule is CCc1ccccc1N1C(=O)CS/C1=N\C(=O)NC1(c2ccc(-c3ncn(-c4ccc(OC(F)(F)F)cc4)n3)cc2)CC1. The number of aryl methyl sites for hydroxylation is 1. The number of nitrogens with one attached hydrogen (secondary N) is 1. The molecule has 2 fully saturated rings. The Bertz CT molecular complexity index is 1700. The van der Waals surface area contributed by atoms with Crippen molar-refractivity contribution in [3.63, 3.8) is 0 Å². The quantitative estimate of drug-likeness (QED) is 0.268. The summed E-state index contributed by atoms with van der Waals surface area (Å²) in [6.07, 6.45) is -1.05. The number of nitrogens with zero attached hydrogens (tertiary/aromatic N) is 5. The van der Waals surface area contributed by atoms with Crippen molar-refractivity contribution in [3.8, 4) is 22.8 Å². The topological polar surface area (TPSA) is 102 Å². The lowest BCUT2D eigenvalue weighted by molar-refractivity contribution is -0.274. The number of thioether (sulfide) groups is 1. The maximum atomic E-state index is 13.0. The standard InChI is InChI=1S/C30H25F3N6O3S/c1-2-19-5-3-4-6-24(19)39-25(40)17-43-28(39)35-27(41)36-29(15-16-29)21-9-7-20(8-10-21)26-34-18-38(37-26)22-11-13-23(14-12-22)42-30(31,32)33/h3-14,18H,2,15-17H2,1H3,(H,36,41)/b35-28-. The number of hydrogen-bond donors (Lipinski definition) is 1. The minimum Gasteiger partial charge on any atom is -0.406 e. The average Bonchev–Trinajstić information content (AvgIpc) is 3.43. The van der Waals surface area contributed by atoms with Crippen LogP contribution in [0, 0.1) is 0 Å². The first-order valence-electron chi connectivity index (χ1n) is 13.5. The van der Waals surface area contributed by atoms with Crippen LogP contribution >= 0.6 is 11.8 Å². The lowest BCUT2D eigenvalue weighted by atomic mass is 10.0. The lowest BCUT2D eigenvalue weighted by Gasteiger charge is -2.20. The van der Waals surface area contributed by atoms with Crippen molar-refractivity contribution in [2.75, 3.05) is 10.7 Å². The van der Waals surface area contributed by atoms with Gasteiger partial charge < -0.3 is 10.1 Å².